The zero-order chi connectivity index (χ0) is 10.4. The van der Waals surface area contributed by atoms with Gasteiger partial charge in [-0.3, -0.25) is 4.79 Å². The van der Waals surface area contributed by atoms with Gasteiger partial charge >= 0.3 is 0 Å². The Bertz CT molecular complexity index is 295. The molecule has 1 rings (SSSR count). The molecule has 1 N–H and O–H groups in total. The SMILES string of the molecule is CCCCNC(=O)c1ccc(C)nn1. The summed E-state index contributed by atoms with van der Waals surface area (Å²) in [5.41, 5.74) is 1.20. The summed E-state index contributed by atoms with van der Waals surface area (Å²) in [6.45, 7) is 4.62. The zero-order valence-corrected chi connectivity index (χ0v) is 8.58. The number of rotatable bonds is 4. The third-order valence-electron chi connectivity index (χ3n) is 1.85. The highest BCUT2D eigenvalue weighted by Crippen LogP contribution is 1.95. The van der Waals surface area contributed by atoms with Gasteiger partial charge in [0.1, 0.15) is 0 Å². The third kappa shape index (κ3) is 3.12. The van der Waals surface area contributed by atoms with Crippen LogP contribution in [-0.2, 0) is 0 Å². The molecule has 0 saturated heterocycles. The number of nitrogens with one attached hydrogen (secondary N) is 1. The lowest BCUT2D eigenvalue weighted by atomic mass is 10.3. The van der Waals surface area contributed by atoms with E-state index in [1.165, 1.54) is 0 Å². The smallest absolute Gasteiger partial charge is 0.271 e. The molecule has 4 heteroatoms. The Balaban J connectivity index is 2.48. The fourth-order valence-electron chi connectivity index (χ4n) is 0.989. The van der Waals surface area contributed by atoms with E-state index in [-0.39, 0.29) is 5.91 Å². The fraction of sp³-hybridized carbons (Fsp3) is 0.500. The van der Waals surface area contributed by atoms with E-state index in [4.69, 9.17) is 0 Å². The predicted molar refractivity (Wildman–Crippen MR) is 54.0 cm³/mol. The van der Waals surface area contributed by atoms with Crippen molar-refractivity contribution >= 4 is 5.91 Å². The van der Waals surface area contributed by atoms with Gasteiger partial charge in [0.15, 0.2) is 5.69 Å². The molecule has 0 aliphatic carbocycles. The number of hydrogen-bond acceptors (Lipinski definition) is 3. The van der Waals surface area contributed by atoms with Crippen molar-refractivity contribution in [3.63, 3.8) is 0 Å². The Kier molecular flexibility index (Phi) is 4.04. The Hall–Kier alpha value is -1.45. The second-order valence-corrected chi connectivity index (χ2v) is 3.17. The van der Waals surface area contributed by atoms with E-state index in [1.54, 1.807) is 12.1 Å². The van der Waals surface area contributed by atoms with Gasteiger partial charge in [0.2, 0.25) is 0 Å². The number of amides is 1. The molecule has 0 aromatic carbocycles. The summed E-state index contributed by atoms with van der Waals surface area (Å²) in [5.74, 6) is -0.147. The first-order valence-electron chi connectivity index (χ1n) is 4.82. The summed E-state index contributed by atoms with van der Waals surface area (Å²) >= 11 is 0. The minimum atomic E-state index is -0.147. The zero-order valence-electron chi connectivity index (χ0n) is 8.58. The molecule has 1 aromatic rings. The molecule has 0 spiro atoms. The molecule has 0 atom stereocenters. The van der Waals surface area contributed by atoms with Gasteiger partial charge in [-0.2, -0.15) is 5.10 Å². The van der Waals surface area contributed by atoms with Crippen molar-refractivity contribution in [1.29, 1.82) is 0 Å². The number of aryl methyl sites for hydroxylation is 1. The van der Waals surface area contributed by atoms with Crippen molar-refractivity contribution in [3.05, 3.63) is 23.5 Å². The quantitative estimate of drug-likeness (QED) is 0.733. The molecule has 0 bridgehead atoms. The lowest BCUT2D eigenvalue weighted by Crippen LogP contribution is -2.25. The third-order valence-corrected chi connectivity index (χ3v) is 1.85. The van der Waals surface area contributed by atoms with Crippen molar-refractivity contribution in [2.24, 2.45) is 0 Å². The molecule has 0 aliphatic rings. The van der Waals surface area contributed by atoms with E-state index < -0.39 is 0 Å². The molecule has 0 aliphatic heterocycles. The molecule has 14 heavy (non-hydrogen) atoms. The van der Waals surface area contributed by atoms with Crippen LogP contribution in [0.3, 0.4) is 0 Å². The molecule has 76 valence electrons. The van der Waals surface area contributed by atoms with Crippen molar-refractivity contribution < 1.29 is 4.79 Å². The van der Waals surface area contributed by atoms with Crippen LogP contribution in [0, 0.1) is 6.92 Å². The first kappa shape index (κ1) is 10.6. The van der Waals surface area contributed by atoms with Crippen LogP contribution < -0.4 is 5.32 Å². The van der Waals surface area contributed by atoms with Crippen molar-refractivity contribution in [1.82, 2.24) is 15.5 Å². The van der Waals surface area contributed by atoms with Crippen LogP contribution in [0.1, 0.15) is 35.9 Å². The van der Waals surface area contributed by atoms with Gasteiger partial charge in [-0.05, 0) is 25.5 Å². The van der Waals surface area contributed by atoms with Crippen LogP contribution in [-0.4, -0.2) is 22.6 Å². The summed E-state index contributed by atoms with van der Waals surface area (Å²) in [7, 11) is 0. The van der Waals surface area contributed by atoms with E-state index in [0.717, 1.165) is 18.5 Å². The van der Waals surface area contributed by atoms with Gasteiger partial charge in [-0.15, -0.1) is 5.10 Å². The maximum atomic E-state index is 11.4. The molecule has 0 saturated carbocycles. The first-order valence-corrected chi connectivity index (χ1v) is 4.82. The topological polar surface area (TPSA) is 54.9 Å². The van der Waals surface area contributed by atoms with E-state index >= 15 is 0 Å². The molecule has 0 unspecified atom stereocenters. The van der Waals surface area contributed by atoms with E-state index in [1.807, 2.05) is 6.92 Å². The Morgan fingerprint density at radius 3 is 2.79 bits per heavy atom. The van der Waals surface area contributed by atoms with Crippen molar-refractivity contribution in [3.8, 4) is 0 Å². The number of carbonyl (C=O) groups is 1. The highest BCUT2D eigenvalue weighted by molar-refractivity contribution is 5.91. The number of unbranched alkanes of at least 4 members (excludes halogenated alkanes) is 1. The minimum Gasteiger partial charge on any atom is -0.351 e. The molecular formula is C10H15N3O. The van der Waals surface area contributed by atoms with E-state index in [2.05, 4.69) is 22.4 Å². The second kappa shape index (κ2) is 5.32. The number of hydrogen-bond donors (Lipinski definition) is 1. The van der Waals surface area contributed by atoms with Gasteiger partial charge in [0, 0.05) is 6.54 Å². The maximum absolute atomic E-state index is 11.4. The summed E-state index contributed by atoms with van der Waals surface area (Å²) in [4.78, 5) is 11.4. The largest absolute Gasteiger partial charge is 0.351 e. The molecular weight excluding hydrogens is 178 g/mol. The minimum absolute atomic E-state index is 0.147. The summed E-state index contributed by atoms with van der Waals surface area (Å²) in [6.07, 6.45) is 2.06. The monoisotopic (exact) mass is 193 g/mol. The molecule has 0 fully saturated rings. The van der Waals surface area contributed by atoms with Crippen molar-refractivity contribution in [2.75, 3.05) is 6.54 Å². The molecule has 0 radical (unpaired) electrons. The second-order valence-electron chi connectivity index (χ2n) is 3.17. The van der Waals surface area contributed by atoms with Gasteiger partial charge in [0.05, 0.1) is 5.69 Å². The fourth-order valence-corrected chi connectivity index (χ4v) is 0.989. The van der Waals surface area contributed by atoms with Crippen LogP contribution >= 0.6 is 0 Å². The van der Waals surface area contributed by atoms with E-state index in [9.17, 15) is 4.79 Å². The summed E-state index contributed by atoms with van der Waals surface area (Å²) in [5, 5.41) is 10.4. The highest BCUT2D eigenvalue weighted by Gasteiger charge is 2.05. The Morgan fingerprint density at radius 2 is 2.21 bits per heavy atom. The van der Waals surface area contributed by atoms with Crippen LogP contribution in [0.15, 0.2) is 12.1 Å². The summed E-state index contributed by atoms with van der Waals surface area (Å²) < 4.78 is 0. The Labute approximate surface area is 83.7 Å². The number of aromatic nitrogens is 2. The normalized spacial score (nSPS) is 9.86. The van der Waals surface area contributed by atoms with Gasteiger partial charge in [-0.25, -0.2) is 0 Å². The van der Waals surface area contributed by atoms with Gasteiger partial charge in [-0.1, -0.05) is 13.3 Å². The van der Waals surface area contributed by atoms with Crippen molar-refractivity contribution in [2.45, 2.75) is 26.7 Å². The van der Waals surface area contributed by atoms with Crippen LogP contribution in [0.2, 0.25) is 0 Å². The van der Waals surface area contributed by atoms with Gasteiger partial charge < -0.3 is 5.32 Å². The van der Waals surface area contributed by atoms with Crippen LogP contribution in [0.25, 0.3) is 0 Å². The van der Waals surface area contributed by atoms with Crippen LogP contribution in [0.5, 0.6) is 0 Å². The molecule has 1 aromatic heterocycles. The van der Waals surface area contributed by atoms with E-state index in [0.29, 0.717) is 12.2 Å². The van der Waals surface area contributed by atoms with Gasteiger partial charge in [0.25, 0.3) is 5.91 Å². The van der Waals surface area contributed by atoms with Crippen LogP contribution in [0.4, 0.5) is 0 Å². The number of nitrogens with zero attached hydrogens (tertiary/aromatic N) is 2. The summed E-state index contributed by atoms with van der Waals surface area (Å²) in [6, 6.07) is 3.46. The lowest BCUT2D eigenvalue weighted by molar-refractivity contribution is 0.0947. The highest BCUT2D eigenvalue weighted by atomic mass is 16.1. The number of carbonyl (C=O) groups excluding carboxylic acids is 1. The lowest BCUT2D eigenvalue weighted by Gasteiger charge is -2.02. The first-order chi connectivity index (χ1) is 6.74. The standard InChI is InChI=1S/C10H15N3O/c1-3-4-7-11-10(14)9-6-5-8(2)12-13-9/h5-6H,3-4,7H2,1-2H3,(H,11,14). The Morgan fingerprint density at radius 1 is 1.43 bits per heavy atom. The average Bonchev–Trinajstić information content (AvgIpc) is 2.19. The molecule has 4 nitrogen and oxygen atoms in total. The maximum Gasteiger partial charge on any atom is 0.271 e. The predicted octanol–water partition coefficient (Wildman–Crippen LogP) is 1.31. The molecule has 1 heterocycles. The molecule has 1 amide bonds. The average molecular weight is 193 g/mol.